The van der Waals surface area contributed by atoms with Crippen molar-refractivity contribution in [3.05, 3.63) is 35.1 Å². The van der Waals surface area contributed by atoms with Crippen LogP contribution in [0.2, 0.25) is 0 Å². The van der Waals surface area contributed by atoms with Crippen molar-refractivity contribution in [1.82, 2.24) is 4.90 Å². The van der Waals surface area contributed by atoms with E-state index in [1.165, 1.54) is 18.2 Å². The van der Waals surface area contributed by atoms with Crippen LogP contribution in [-0.4, -0.2) is 42.7 Å². The van der Waals surface area contributed by atoms with Gasteiger partial charge in [0.2, 0.25) is 0 Å². The summed E-state index contributed by atoms with van der Waals surface area (Å²) in [6.07, 6.45) is 2.36. The van der Waals surface area contributed by atoms with E-state index in [4.69, 9.17) is 10.8 Å². The summed E-state index contributed by atoms with van der Waals surface area (Å²) in [5.41, 5.74) is 6.05. The normalized spacial score (nSPS) is 9.90. The highest BCUT2D eigenvalue weighted by atomic mass is 19.1. The molecule has 0 aliphatic rings. The Bertz CT molecular complexity index is 535. The Morgan fingerprint density at radius 2 is 2.14 bits per heavy atom. The fourth-order valence-electron chi connectivity index (χ4n) is 1.89. The van der Waals surface area contributed by atoms with E-state index in [0.717, 1.165) is 19.3 Å². The Hall–Kier alpha value is -1.90. The second kappa shape index (κ2) is 9.11. The van der Waals surface area contributed by atoms with E-state index in [1.54, 1.807) is 11.9 Å². The Labute approximate surface area is 124 Å². The van der Waals surface area contributed by atoms with Crippen molar-refractivity contribution < 1.29 is 14.3 Å². The average Bonchev–Trinajstić information content (AvgIpc) is 2.49. The SMILES string of the molecule is CN(CCCCCO)C(=O)c1cc(F)ccc1C#CCN. The van der Waals surface area contributed by atoms with Gasteiger partial charge in [0.15, 0.2) is 0 Å². The van der Waals surface area contributed by atoms with Gasteiger partial charge in [0.05, 0.1) is 12.1 Å². The van der Waals surface area contributed by atoms with E-state index in [-0.39, 0.29) is 24.6 Å². The summed E-state index contributed by atoms with van der Waals surface area (Å²) in [6.45, 7) is 0.890. The molecule has 0 spiro atoms. The van der Waals surface area contributed by atoms with Crippen molar-refractivity contribution in [3.8, 4) is 11.8 Å². The minimum Gasteiger partial charge on any atom is -0.396 e. The first-order valence-electron chi connectivity index (χ1n) is 6.95. The number of carbonyl (C=O) groups is 1. The fourth-order valence-corrected chi connectivity index (χ4v) is 1.89. The molecule has 0 heterocycles. The molecule has 114 valence electrons. The van der Waals surface area contributed by atoms with Gasteiger partial charge in [-0.15, -0.1) is 0 Å². The van der Waals surface area contributed by atoms with Crippen molar-refractivity contribution in [2.24, 2.45) is 5.73 Å². The van der Waals surface area contributed by atoms with E-state index in [1.807, 2.05) is 0 Å². The predicted molar refractivity (Wildman–Crippen MR) is 80.2 cm³/mol. The lowest BCUT2D eigenvalue weighted by molar-refractivity contribution is 0.0791. The maximum atomic E-state index is 13.4. The van der Waals surface area contributed by atoms with Crippen LogP contribution >= 0.6 is 0 Å². The van der Waals surface area contributed by atoms with E-state index < -0.39 is 5.82 Å². The van der Waals surface area contributed by atoms with Gasteiger partial charge in [0.1, 0.15) is 5.82 Å². The van der Waals surface area contributed by atoms with Crippen LogP contribution in [0.15, 0.2) is 18.2 Å². The number of amides is 1. The third-order valence-corrected chi connectivity index (χ3v) is 3.04. The fraction of sp³-hybridized carbons (Fsp3) is 0.438. The second-order valence-electron chi connectivity index (χ2n) is 4.71. The van der Waals surface area contributed by atoms with Crippen LogP contribution in [0.3, 0.4) is 0 Å². The number of benzene rings is 1. The number of hydrogen-bond donors (Lipinski definition) is 2. The highest BCUT2D eigenvalue weighted by Gasteiger charge is 2.15. The highest BCUT2D eigenvalue weighted by molar-refractivity contribution is 5.96. The molecule has 1 aromatic carbocycles. The van der Waals surface area contributed by atoms with Gasteiger partial charge in [0.25, 0.3) is 5.91 Å². The number of nitrogens with zero attached hydrogens (tertiary/aromatic N) is 1. The van der Waals surface area contributed by atoms with Crippen molar-refractivity contribution in [2.45, 2.75) is 19.3 Å². The Morgan fingerprint density at radius 1 is 1.38 bits per heavy atom. The number of aliphatic hydroxyl groups excluding tert-OH is 1. The molecule has 0 fully saturated rings. The number of aliphatic hydroxyl groups is 1. The lowest BCUT2D eigenvalue weighted by Gasteiger charge is -2.18. The van der Waals surface area contributed by atoms with Crippen molar-refractivity contribution in [1.29, 1.82) is 0 Å². The molecule has 0 aliphatic carbocycles. The molecule has 0 saturated heterocycles. The summed E-state index contributed by atoms with van der Waals surface area (Å²) >= 11 is 0. The monoisotopic (exact) mass is 292 g/mol. The maximum Gasteiger partial charge on any atom is 0.254 e. The summed E-state index contributed by atoms with van der Waals surface area (Å²) in [5.74, 6) is 4.73. The first-order chi connectivity index (χ1) is 10.1. The first-order valence-corrected chi connectivity index (χ1v) is 6.95. The van der Waals surface area contributed by atoms with E-state index in [2.05, 4.69) is 11.8 Å². The van der Waals surface area contributed by atoms with Gasteiger partial charge < -0.3 is 15.7 Å². The third kappa shape index (κ3) is 5.54. The van der Waals surface area contributed by atoms with Crippen LogP contribution in [0.4, 0.5) is 4.39 Å². The van der Waals surface area contributed by atoms with Crippen molar-refractivity contribution in [3.63, 3.8) is 0 Å². The number of halogens is 1. The van der Waals surface area contributed by atoms with Crippen molar-refractivity contribution >= 4 is 5.91 Å². The number of carbonyl (C=O) groups excluding carboxylic acids is 1. The Morgan fingerprint density at radius 3 is 2.81 bits per heavy atom. The van der Waals surface area contributed by atoms with E-state index >= 15 is 0 Å². The largest absolute Gasteiger partial charge is 0.396 e. The molecule has 0 aromatic heterocycles. The summed E-state index contributed by atoms with van der Waals surface area (Å²) < 4.78 is 13.4. The molecule has 0 bridgehead atoms. The molecular formula is C16H21FN2O2. The quantitative estimate of drug-likeness (QED) is 0.615. The van der Waals surface area contributed by atoms with E-state index in [9.17, 15) is 9.18 Å². The molecule has 1 aromatic rings. The first kappa shape index (κ1) is 17.2. The Balaban J connectivity index is 2.82. The molecule has 0 aliphatic heterocycles. The van der Waals surface area contributed by atoms with Crippen LogP contribution in [0.5, 0.6) is 0 Å². The summed E-state index contributed by atoms with van der Waals surface area (Å²) in [4.78, 5) is 13.9. The van der Waals surface area contributed by atoms with Crippen LogP contribution < -0.4 is 5.73 Å². The number of rotatable bonds is 6. The molecule has 1 rings (SSSR count). The molecule has 4 nitrogen and oxygen atoms in total. The van der Waals surface area contributed by atoms with Crippen LogP contribution in [0, 0.1) is 17.7 Å². The van der Waals surface area contributed by atoms with Crippen LogP contribution in [0.1, 0.15) is 35.2 Å². The summed E-state index contributed by atoms with van der Waals surface area (Å²) in [5, 5.41) is 8.72. The predicted octanol–water partition coefficient (Wildman–Crippen LogP) is 1.37. The van der Waals surface area contributed by atoms with Gasteiger partial charge in [0, 0.05) is 25.8 Å². The smallest absolute Gasteiger partial charge is 0.254 e. The third-order valence-electron chi connectivity index (χ3n) is 3.04. The van der Waals surface area contributed by atoms with Gasteiger partial charge in [-0.05, 0) is 37.5 Å². The zero-order valence-electron chi connectivity index (χ0n) is 12.2. The molecule has 0 radical (unpaired) electrons. The van der Waals surface area contributed by atoms with E-state index in [0.29, 0.717) is 12.1 Å². The molecule has 21 heavy (non-hydrogen) atoms. The molecule has 1 amide bonds. The topological polar surface area (TPSA) is 66.6 Å². The summed E-state index contributed by atoms with van der Waals surface area (Å²) in [6, 6.07) is 3.97. The standard InChI is InChI=1S/C16H21FN2O2/c1-19(10-3-2-4-11-20)16(21)15-12-14(17)8-7-13(15)6-5-9-18/h7-8,12,20H,2-4,9-11,18H2,1H3. The molecule has 0 unspecified atom stereocenters. The van der Waals surface area contributed by atoms with Crippen LogP contribution in [-0.2, 0) is 0 Å². The van der Waals surface area contributed by atoms with Gasteiger partial charge >= 0.3 is 0 Å². The molecule has 3 N–H and O–H groups in total. The number of unbranched alkanes of at least 4 members (excludes halogenated alkanes) is 2. The minimum absolute atomic E-state index is 0.153. The molecular weight excluding hydrogens is 271 g/mol. The Kier molecular flexibility index (Phi) is 7.44. The zero-order chi connectivity index (χ0) is 15.7. The minimum atomic E-state index is -0.467. The highest BCUT2D eigenvalue weighted by Crippen LogP contribution is 2.13. The van der Waals surface area contributed by atoms with Gasteiger partial charge in [-0.1, -0.05) is 11.8 Å². The zero-order valence-corrected chi connectivity index (χ0v) is 12.2. The molecule has 0 saturated carbocycles. The molecule has 0 atom stereocenters. The summed E-state index contributed by atoms with van der Waals surface area (Å²) in [7, 11) is 1.67. The van der Waals surface area contributed by atoms with Gasteiger partial charge in [-0.25, -0.2) is 4.39 Å². The van der Waals surface area contributed by atoms with Crippen molar-refractivity contribution in [2.75, 3.05) is 26.7 Å². The maximum absolute atomic E-state index is 13.4. The van der Waals surface area contributed by atoms with Crippen LogP contribution in [0.25, 0.3) is 0 Å². The molecule has 5 heteroatoms. The number of nitrogens with two attached hydrogens (primary N) is 1. The number of hydrogen-bond acceptors (Lipinski definition) is 3. The average molecular weight is 292 g/mol. The second-order valence-corrected chi connectivity index (χ2v) is 4.71. The van der Waals surface area contributed by atoms with Gasteiger partial charge in [-0.2, -0.15) is 0 Å². The van der Waals surface area contributed by atoms with Gasteiger partial charge in [-0.3, -0.25) is 4.79 Å². The lowest BCUT2D eigenvalue weighted by atomic mass is 10.1. The lowest BCUT2D eigenvalue weighted by Crippen LogP contribution is -2.28.